The number of nitrogens with zero attached hydrogens (tertiary/aromatic N) is 3. The fourth-order valence-corrected chi connectivity index (χ4v) is 0.738. The van der Waals surface area contributed by atoms with Crippen LogP contribution in [0, 0.1) is 28.2 Å². The molecule has 0 bridgehead atoms. The number of nitriles is 2. The molecule has 2 N–H and O–H groups in total. The van der Waals surface area contributed by atoms with E-state index in [4.69, 9.17) is 21.2 Å². The summed E-state index contributed by atoms with van der Waals surface area (Å²) in [7, 11) is 0. The molecule has 0 unspecified atom stereocenters. The fourth-order valence-electron chi connectivity index (χ4n) is 0.738. The summed E-state index contributed by atoms with van der Waals surface area (Å²) in [5, 5.41) is 28.2. The van der Waals surface area contributed by atoms with E-state index in [1.165, 1.54) is 0 Å². The van der Waals surface area contributed by atoms with Gasteiger partial charge in [0.25, 0.3) is 5.54 Å². The van der Waals surface area contributed by atoms with Crippen LogP contribution in [0.1, 0.15) is 20.7 Å². The normalized spacial score (nSPS) is 9.00. The van der Waals surface area contributed by atoms with Crippen LogP contribution in [0.25, 0.3) is 0 Å². The number of aliphatic carboxylic acids is 1. The summed E-state index contributed by atoms with van der Waals surface area (Å²) in [5.41, 5.74) is 4.93. The van der Waals surface area contributed by atoms with Gasteiger partial charge in [0.1, 0.15) is 12.1 Å². The van der Waals surface area contributed by atoms with Gasteiger partial charge in [-0.15, -0.1) is 0 Å². The molecule has 0 aliphatic heterocycles. The van der Waals surface area contributed by atoms with Crippen LogP contribution in [0.5, 0.6) is 0 Å². The second-order valence-corrected chi connectivity index (χ2v) is 2.44. The molecule has 0 fully saturated rings. The Labute approximate surface area is 105 Å². The molecule has 0 heterocycles. The van der Waals surface area contributed by atoms with Gasteiger partial charge in [0.05, 0.1) is 0 Å². The first-order valence-electron chi connectivity index (χ1n) is 3.53. The summed E-state index contributed by atoms with van der Waals surface area (Å²) >= 11 is 0. The van der Waals surface area contributed by atoms with E-state index < -0.39 is 11.5 Å². The summed E-state index contributed by atoms with van der Waals surface area (Å²) in [6, 6.07) is 3.16. The van der Waals surface area contributed by atoms with Crippen molar-refractivity contribution in [3.05, 3.63) is 0 Å². The van der Waals surface area contributed by atoms with Crippen LogP contribution in [0.15, 0.2) is 5.11 Å². The molecule has 0 atom stereocenters. The Kier molecular flexibility index (Phi) is 8.26. The summed E-state index contributed by atoms with van der Waals surface area (Å²) < 4.78 is 0. The van der Waals surface area contributed by atoms with Gasteiger partial charge < -0.3 is 6.53 Å². The Bertz CT molecular complexity index is 282. The molecule has 0 spiro atoms. The van der Waals surface area contributed by atoms with Crippen LogP contribution < -0.4 is 29.6 Å². The van der Waals surface area contributed by atoms with Crippen molar-refractivity contribution in [1.82, 2.24) is 0 Å². The summed E-state index contributed by atoms with van der Waals surface area (Å²) in [6.45, 7) is 0. The van der Waals surface area contributed by atoms with Gasteiger partial charge in [-0.1, -0.05) is 0 Å². The Balaban J connectivity index is -0.000000720. The molecule has 0 saturated heterocycles. The van der Waals surface area contributed by atoms with Gasteiger partial charge in [-0.3, -0.25) is 4.79 Å². The maximum Gasteiger partial charge on any atom is 1.00 e. The van der Waals surface area contributed by atoms with Gasteiger partial charge in [-0.25, -0.2) is 5.53 Å². The van der Waals surface area contributed by atoms with Crippen molar-refractivity contribution < 1.29 is 40.9 Å². The van der Waals surface area contributed by atoms with Crippen molar-refractivity contribution in [2.24, 2.45) is 5.11 Å². The Morgan fingerprint density at radius 3 is 2.36 bits per heavy atom. The van der Waals surface area contributed by atoms with E-state index in [1.54, 1.807) is 12.1 Å². The summed E-state index contributed by atoms with van der Waals surface area (Å²) in [6.07, 6.45) is 0.0231. The smallest absolute Gasteiger partial charge is 1.00 e. The van der Waals surface area contributed by atoms with E-state index in [-0.39, 0.29) is 50.2 Å². The molecule has 14 heavy (non-hydrogen) atoms. The molecule has 0 aliphatic carbocycles. The minimum atomic E-state index is -1.70. The largest absolute Gasteiger partial charge is 1.00 e. The standard InChI is InChI=1S/C7H8N4O2.Na.H/c8-4-7(5-9,11-10)3-1-2-6(12)13;;/h10H,1-3H2,(H,12,13);;/q;+1;-1. The van der Waals surface area contributed by atoms with E-state index >= 15 is 0 Å². The maximum atomic E-state index is 10.1. The van der Waals surface area contributed by atoms with Crippen LogP contribution in [0.3, 0.4) is 0 Å². The topological polar surface area (TPSA) is 121 Å². The van der Waals surface area contributed by atoms with Crippen LogP contribution >= 0.6 is 0 Å². The third-order valence-corrected chi connectivity index (χ3v) is 1.49. The molecule has 0 saturated carbocycles. The second-order valence-electron chi connectivity index (χ2n) is 2.44. The first kappa shape index (κ1) is 15.5. The Hall–Kier alpha value is -0.950. The number of carboxylic acids is 1. The zero-order valence-corrected chi connectivity index (χ0v) is 9.82. The maximum absolute atomic E-state index is 10.1. The van der Waals surface area contributed by atoms with Crippen molar-refractivity contribution >= 4 is 5.97 Å². The van der Waals surface area contributed by atoms with Crippen LogP contribution in [-0.2, 0) is 4.79 Å². The van der Waals surface area contributed by atoms with Gasteiger partial charge in [0, 0.05) is 12.8 Å². The first-order valence-corrected chi connectivity index (χ1v) is 3.53. The van der Waals surface area contributed by atoms with E-state index in [9.17, 15) is 4.79 Å². The molecule has 0 aromatic rings. The molecular weight excluding hydrogens is 195 g/mol. The van der Waals surface area contributed by atoms with E-state index in [0.29, 0.717) is 0 Å². The van der Waals surface area contributed by atoms with Gasteiger partial charge in [0.15, 0.2) is 0 Å². The second kappa shape index (κ2) is 7.45. The molecule has 0 aromatic heterocycles. The SMILES string of the molecule is N#CC(C#N)(CCCC(=O)O)N=N.[H-].[Na+]. The van der Waals surface area contributed by atoms with Crippen molar-refractivity contribution in [2.75, 3.05) is 0 Å². The van der Waals surface area contributed by atoms with E-state index in [2.05, 4.69) is 5.11 Å². The molecular formula is C7H9N4NaO2. The molecule has 0 radical (unpaired) electrons. The number of carboxylic acid groups (broad SMARTS) is 1. The molecule has 0 aromatic carbocycles. The number of rotatable bonds is 5. The minimum Gasteiger partial charge on any atom is -1.00 e. The molecule has 0 amide bonds. The Morgan fingerprint density at radius 1 is 1.57 bits per heavy atom. The van der Waals surface area contributed by atoms with Gasteiger partial charge in [0.2, 0.25) is 0 Å². The molecule has 70 valence electrons. The van der Waals surface area contributed by atoms with Crippen molar-refractivity contribution in [3.8, 4) is 12.1 Å². The van der Waals surface area contributed by atoms with Crippen LogP contribution in [-0.4, -0.2) is 16.6 Å². The zero-order chi connectivity index (χ0) is 10.3. The van der Waals surface area contributed by atoms with Crippen molar-refractivity contribution in [3.63, 3.8) is 0 Å². The quantitative estimate of drug-likeness (QED) is 0.404. The van der Waals surface area contributed by atoms with Crippen molar-refractivity contribution in [1.29, 1.82) is 16.1 Å². The number of carbonyl (C=O) groups is 1. The van der Waals surface area contributed by atoms with Crippen LogP contribution in [0.4, 0.5) is 0 Å². The molecule has 7 heteroatoms. The average Bonchev–Trinajstić information content (AvgIpc) is 2.13. The molecule has 0 rings (SSSR count). The molecule has 0 aliphatic rings. The fraction of sp³-hybridized carbons (Fsp3) is 0.571. The monoisotopic (exact) mass is 204 g/mol. The van der Waals surface area contributed by atoms with E-state index in [0.717, 1.165) is 0 Å². The van der Waals surface area contributed by atoms with Crippen molar-refractivity contribution in [2.45, 2.75) is 24.8 Å². The number of hydrogen-bond donors (Lipinski definition) is 2. The zero-order valence-electron chi connectivity index (χ0n) is 8.82. The minimum absolute atomic E-state index is 0. The summed E-state index contributed by atoms with van der Waals surface area (Å²) in [5.74, 6) is -0.991. The Morgan fingerprint density at radius 2 is 2.07 bits per heavy atom. The number of nitrogens with one attached hydrogen (secondary N) is 1. The number of hydrogen-bond acceptors (Lipinski definition) is 5. The predicted molar refractivity (Wildman–Crippen MR) is 41.7 cm³/mol. The third-order valence-electron chi connectivity index (χ3n) is 1.49. The van der Waals surface area contributed by atoms with E-state index in [1.807, 2.05) is 0 Å². The van der Waals surface area contributed by atoms with Gasteiger partial charge in [-0.2, -0.15) is 15.6 Å². The first-order chi connectivity index (χ1) is 6.10. The average molecular weight is 204 g/mol. The van der Waals surface area contributed by atoms with Gasteiger partial charge >= 0.3 is 35.5 Å². The predicted octanol–water partition coefficient (Wildman–Crippen LogP) is -1.83. The summed E-state index contributed by atoms with van der Waals surface area (Å²) in [4.78, 5) is 10.1. The van der Waals surface area contributed by atoms with Crippen LogP contribution in [0.2, 0.25) is 0 Å². The van der Waals surface area contributed by atoms with Gasteiger partial charge in [-0.05, 0) is 6.42 Å². The molecule has 6 nitrogen and oxygen atoms in total. The third kappa shape index (κ3) is 4.93.